The molecule has 0 atom stereocenters. The topological polar surface area (TPSA) is 48.1 Å². The number of ether oxygens (including phenoxy) is 1. The third-order valence-corrected chi connectivity index (χ3v) is 2.69. The summed E-state index contributed by atoms with van der Waals surface area (Å²) in [5.41, 5.74) is 8.25. The molecule has 2 N–H and O–H groups in total. The summed E-state index contributed by atoms with van der Waals surface area (Å²) in [6.07, 6.45) is 1.83. The van der Waals surface area contributed by atoms with E-state index < -0.39 is 0 Å². The number of aromatic nitrogens is 1. The van der Waals surface area contributed by atoms with E-state index in [0.29, 0.717) is 13.2 Å². The molecule has 0 saturated carbocycles. The Morgan fingerprint density at radius 2 is 2.40 bits per heavy atom. The van der Waals surface area contributed by atoms with Gasteiger partial charge in [0.2, 0.25) is 0 Å². The van der Waals surface area contributed by atoms with Gasteiger partial charge in [-0.2, -0.15) is 0 Å². The molecule has 0 aliphatic rings. The lowest BCUT2D eigenvalue weighted by Crippen LogP contribution is -2.10. The summed E-state index contributed by atoms with van der Waals surface area (Å²) in [5, 5.41) is 0. The molecular weight excluding hydrogens is 208 g/mol. The summed E-state index contributed by atoms with van der Waals surface area (Å²) in [6.45, 7) is 1.05. The Hall–Kier alpha value is -1.39. The standard InChI is InChI=1S/C11H11N2OS/c12-4-5-14-10-3-1-2-9(6-10)11-7-13-8-15-11/h2-3,6-8H,4-5,12H2. The number of thiazole rings is 1. The molecule has 0 aliphatic carbocycles. The highest BCUT2D eigenvalue weighted by Gasteiger charge is 2.01. The SMILES string of the molecule is NCCOc1c[c]cc(-c2cncs2)c1. The number of hydrogen-bond donors (Lipinski definition) is 1. The van der Waals surface area contributed by atoms with Crippen molar-refractivity contribution in [1.82, 2.24) is 4.98 Å². The van der Waals surface area contributed by atoms with E-state index in [4.69, 9.17) is 10.5 Å². The van der Waals surface area contributed by atoms with Gasteiger partial charge < -0.3 is 10.5 Å². The van der Waals surface area contributed by atoms with Crippen molar-refractivity contribution in [2.75, 3.05) is 13.2 Å². The minimum atomic E-state index is 0.519. The maximum Gasteiger partial charge on any atom is 0.120 e. The van der Waals surface area contributed by atoms with Crippen LogP contribution in [0, 0.1) is 6.07 Å². The van der Waals surface area contributed by atoms with Crippen LogP contribution in [-0.2, 0) is 0 Å². The van der Waals surface area contributed by atoms with Crippen LogP contribution >= 0.6 is 11.3 Å². The minimum absolute atomic E-state index is 0.519. The van der Waals surface area contributed by atoms with Gasteiger partial charge in [-0.25, -0.2) is 0 Å². The molecule has 1 heterocycles. The van der Waals surface area contributed by atoms with E-state index in [2.05, 4.69) is 11.1 Å². The second-order valence-corrected chi connectivity index (χ2v) is 3.85. The quantitative estimate of drug-likeness (QED) is 0.855. The molecule has 0 spiro atoms. The average Bonchev–Trinajstić information content (AvgIpc) is 2.80. The first kappa shape index (κ1) is 10.1. The molecule has 15 heavy (non-hydrogen) atoms. The molecule has 77 valence electrons. The minimum Gasteiger partial charge on any atom is -0.492 e. The zero-order chi connectivity index (χ0) is 10.5. The van der Waals surface area contributed by atoms with E-state index >= 15 is 0 Å². The van der Waals surface area contributed by atoms with E-state index in [9.17, 15) is 0 Å². The fraction of sp³-hybridized carbons (Fsp3) is 0.182. The van der Waals surface area contributed by atoms with Gasteiger partial charge in [0.25, 0.3) is 0 Å². The normalized spacial score (nSPS) is 10.2. The van der Waals surface area contributed by atoms with E-state index in [1.54, 1.807) is 17.4 Å². The molecule has 2 aromatic rings. The summed E-state index contributed by atoms with van der Waals surface area (Å²) in [7, 11) is 0. The van der Waals surface area contributed by atoms with Gasteiger partial charge in [-0.1, -0.05) is 0 Å². The lowest BCUT2D eigenvalue weighted by Gasteiger charge is -2.05. The molecule has 2 rings (SSSR count). The van der Waals surface area contributed by atoms with Crippen molar-refractivity contribution in [3.63, 3.8) is 0 Å². The lowest BCUT2D eigenvalue weighted by molar-refractivity contribution is 0.328. The number of hydrogen-bond acceptors (Lipinski definition) is 4. The molecule has 0 unspecified atom stereocenters. The van der Waals surface area contributed by atoms with Gasteiger partial charge >= 0.3 is 0 Å². The summed E-state index contributed by atoms with van der Waals surface area (Å²) in [6, 6.07) is 8.74. The highest BCUT2D eigenvalue weighted by molar-refractivity contribution is 7.13. The molecule has 0 amide bonds. The van der Waals surface area contributed by atoms with Gasteiger partial charge in [-0.05, 0) is 29.8 Å². The van der Waals surface area contributed by atoms with Crippen molar-refractivity contribution in [2.45, 2.75) is 0 Å². The molecule has 0 saturated heterocycles. The number of nitrogens with two attached hydrogens (primary N) is 1. The molecule has 1 aromatic carbocycles. The molecule has 0 fully saturated rings. The summed E-state index contributed by atoms with van der Waals surface area (Å²) in [5.74, 6) is 0.798. The molecule has 3 nitrogen and oxygen atoms in total. The Bertz CT molecular complexity index is 414. The Morgan fingerprint density at radius 3 is 3.13 bits per heavy atom. The van der Waals surface area contributed by atoms with Crippen LogP contribution < -0.4 is 10.5 Å². The van der Waals surface area contributed by atoms with Gasteiger partial charge in [-0.3, -0.25) is 4.98 Å². The predicted molar refractivity (Wildman–Crippen MR) is 60.9 cm³/mol. The van der Waals surface area contributed by atoms with Crippen molar-refractivity contribution >= 4 is 11.3 Å². The zero-order valence-electron chi connectivity index (χ0n) is 8.14. The molecule has 0 bridgehead atoms. The smallest absolute Gasteiger partial charge is 0.120 e. The first-order chi connectivity index (χ1) is 7.40. The van der Waals surface area contributed by atoms with Crippen LogP contribution in [-0.4, -0.2) is 18.1 Å². The highest BCUT2D eigenvalue weighted by Crippen LogP contribution is 2.26. The highest BCUT2D eigenvalue weighted by atomic mass is 32.1. The molecule has 1 radical (unpaired) electrons. The number of benzene rings is 1. The van der Waals surface area contributed by atoms with Gasteiger partial charge in [0, 0.05) is 12.7 Å². The van der Waals surface area contributed by atoms with Gasteiger partial charge in [0.15, 0.2) is 0 Å². The van der Waals surface area contributed by atoms with E-state index in [1.807, 2.05) is 23.8 Å². The van der Waals surface area contributed by atoms with Crippen LogP contribution in [0.4, 0.5) is 0 Å². The summed E-state index contributed by atoms with van der Waals surface area (Å²) >= 11 is 1.60. The number of rotatable bonds is 4. The first-order valence-electron chi connectivity index (χ1n) is 4.63. The van der Waals surface area contributed by atoms with Gasteiger partial charge in [-0.15, -0.1) is 11.3 Å². The third-order valence-electron chi connectivity index (χ3n) is 1.87. The fourth-order valence-electron chi connectivity index (χ4n) is 1.21. The van der Waals surface area contributed by atoms with Crippen LogP contribution in [0.5, 0.6) is 5.75 Å². The molecular formula is C11H11N2OS. The maximum atomic E-state index is 5.42. The van der Waals surface area contributed by atoms with E-state index in [-0.39, 0.29) is 0 Å². The first-order valence-corrected chi connectivity index (χ1v) is 5.51. The van der Waals surface area contributed by atoms with Crippen LogP contribution in [0.15, 0.2) is 29.9 Å². The van der Waals surface area contributed by atoms with Crippen molar-refractivity contribution in [1.29, 1.82) is 0 Å². The van der Waals surface area contributed by atoms with Gasteiger partial charge in [0.05, 0.1) is 10.4 Å². The van der Waals surface area contributed by atoms with Crippen LogP contribution in [0.25, 0.3) is 10.4 Å². The van der Waals surface area contributed by atoms with Crippen molar-refractivity contribution in [3.05, 3.63) is 36.0 Å². The van der Waals surface area contributed by atoms with Crippen LogP contribution in [0.3, 0.4) is 0 Å². The second-order valence-electron chi connectivity index (χ2n) is 2.96. The Labute approximate surface area is 92.5 Å². The predicted octanol–water partition coefficient (Wildman–Crippen LogP) is 1.95. The largest absolute Gasteiger partial charge is 0.492 e. The van der Waals surface area contributed by atoms with E-state index in [0.717, 1.165) is 16.2 Å². The zero-order valence-corrected chi connectivity index (χ0v) is 8.96. The Kier molecular flexibility index (Phi) is 3.32. The van der Waals surface area contributed by atoms with Gasteiger partial charge in [0.1, 0.15) is 12.4 Å². The van der Waals surface area contributed by atoms with E-state index in [1.165, 1.54) is 0 Å². The van der Waals surface area contributed by atoms with Crippen molar-refractivity contribution in [2.24, 2.45) is 5.73 Å². The third kappa shape index (κ3) is 2.55. The molecule has 0 aliphatic heterocycles. The number of nitrogens with zero attached hydrogens (tertiary/aromatic N) is 1. The Morgan fingerprint density at radius 1 is 1.47 bits per heavy atom. The van der Waals surface area contributed by atoms with Crippen molar-refractivity contribution in [3.8, 4) is 16.2 Å². The summed E-state index contributed by atoms with van der Waals surface area (Å²) < 4.78 is 5.42. The average molecular weight is 219 g/mol. The van der Waals surface area contributed by atoms with Crippen LogP contribution in [0.2, 0.25) is 0 Å². The monoisotopic (exact) mass is 219 g/mol. The maximum absolute atomic E-state index is 5.42. The Balaban J connectivity index is 2.19. The van der Waals surface area contributed by atoms with Crippen LogP contribution in [0.1, 0.15) is 0 Å². The molecule has 1 aromatic heterocycles. The molecule has 4 heteroatoms. The lowest BCUT2D eigenvalue weighted by atomic mass is 10.2. The second kappa shape index (κ2) is 4.91. The summed E-state index contributed by atoms with van der Waals surface area (Å²) in [4.78, 5) is 5.15. The van der Waals surface area contributed by atoms with Crippen molar-refractivity contribution < 1.29 is 4.74 Å². The fourth-order valence-corrected chi connectivity index (χ4v) is 1.82.